The second kappa shape index (κ2) is 6.58. The van der Waals surface area contributed by atoms with Crippen LogP contribution >= 0.6 is 0 Å². The third kappa shape index (κ3) is 3.30. The first-order valence-electron chi connectivity index (χ1n) is 7.61. The van der Waals surface area contributed by atoms with Gasteiger partial charge in [0.05, 0.1) is 13.7 Å². The van der Waals surface area contributed by atoms with Crippen molar-refractivity contribution >= 4 is 18.0 Å². The molecule has 1 aliphatic heterocycles. The zero-order chi connectivity index (χ0) is 17.1. The predicted molar refractivity (Wildman–Crippen MR) is 91.2 cm³/mol. The Morgan fingerprint density at radius 3 is 2.33 bits per heavy atom. The van der Waals surface area contributed by atoms with Gasteiger partial charge in [-0.1, -0.05) is 42.0 Å². The van der Waals surface area contributed by atoms with Crippen molar-refractivity contribution in [3.05, 3.63) is 70.9 Å². The van der Waals surface area contributed by atoms with Crippen LogP contribution in [0.1, 0.15) is 16.7 Å². The quantitative estimate of drug-likeness (QED) is 0.695. The summed E-state index contributed by atoms with van der Waals surface area (Å²) in [5.74, 6) is 0.413. The second-order valence-corrected chi connectivity index (χ2v) is 5.64. The van der Waals surface area contributed by atoms with Crippen molar-refractivity contribution < 1.29 is 14.3 Å². The fourth-order valence-corrected chi connectivity index (χ4v) is 2.46. The van der Waals surface area contributed by atoms with Crippen molar-refractivity contribution in [3.63, 3.8) is 0 Å². The minimum absolute atomic E-state index is 0.255. The number of carbonyl (C=O) groups excluding carboxylic acids is 2. The van der Waals surface area contributed by atoms with Crippen LogP contribution in [0.15, 0.2) is 54.2 Å². The molecular formula is C19H18N2O3. The van der Waals surface area contributed by atoms with Gasteiger partial charge >= 0.3 is 6.03 Å². The SMILES string of the molecule is COc1ccc(/C=C2\NC(=O)N(Cc3ccc(C)cc3)C2=O)cc1. The van der Waals surface area contributed by atoms with E-state index in [1.165, 1.54) is 4.90 Å². The zero-order valence-electron chi connectivity index (χ0n) is 13.6. The summed E-state index contributed by atoms with van der Waals surface area (Å²) in [6, 6.07) is 14.6. The molecule has 3 rings (SSSR count). The maximum atomic E-state index is 12.5. The van der Waals surface area contributed by atoms with Crippen LogP contribution in [0.25, 0.3) is 6.08 Å². The van der Waals surface area contributed by atoms with E-state index in [-0.39, 0.29) is 18.1 Å². The largest absolute Gasteiger partial charge is 0.497 e. The Balaban J connectivity index is 1.77. The van der Waals surface area contributed by atoms with E-state index in [4.69, 9.17) is 4.74 Å². The van der Waals surface area contributed by atoms with E-state index in [0.717, 1.165) is 22.4 Å². The Bertz CT molecular complexity index is 792. The summed E-state index contributed by atoms with van der Waals surface area (Å²) in [6.07, 6.45) is 1.66. The van der Waals surface area contributed by atoms with Crippen molar-refractivity contribution in [3.8, 4) is 5.75 Å². The van der Waals surface area contributed by atoms with Crippen LogP contribution in [0.3, 0.4) is 0 Å². The molecule has 24 heavy (non-hydrogen) atoms. The fourth-order valence-electron chi connectivity index (χ4n) is 2.46. The van der Waals surface area contributed by atoms with E-state index in [9.17, 15) is 9.59 Å². The zero-order valence-corrected chi connectivity index (χ0v) is 13.6. The van der Waals surface area contributed by atoms with Crippen molar-refractivity contribution in [1.29, 1.82) is 0 Å². The minimum Gasteiger partial charge on any atom is -0.497 e. The van der Waals surface area contributed by atoms with E-state index in [1.807, 2.05) is 43.3 Å². The molecule has 1 heterocycles. The van der Waals surface area contributed by atoms with Gasteiger partial charge in [0.15, 0.2) is 0 Å². The molecule has 5 heteroatoms. The number of hydrogen-bond acceptors (Lipinski definition) is 3. The first kappa shape index (κ1) is 15.8. The lowest BCUT2D eigenvalue weighted by atomic mass is 10.1. The summed E-state index contributed by atoms with van der Waals surface area (Å²) >= 11 is 0. The Morgan fingerprint density at radius 1 is 1.04 bits per heavy atom. The lowest BCUT2D eigenvalue weighted by Crippen LogP contribution is -2.30. The molecule has 5 nitrogen and oxygen atoms in total. The van der Waals surface area contributed by atoms with E-state index < -0.39 is 6.03 Å². The summed E-state index contributed by atoms with van der Waals surface area (Å²) in [6.45, 7) is 2.25. The Hall–Kier alpha value is -3.08. The molecule has 2 aromatic rings. The van der Waals surface area contributed by atoms with Crippen molar-refractivity contribution in [1.82, 2.24) is 10.2 Å². The van der Waals surface area contributed by atoms with Gasteiger partial charge in [0.2, 0.25) is 0 Å². The summed E-state index contributed by atoms with van der Waals surface area (Å²) in [5, 5.41) is 2.63. The van der Waals surface area contributed by atoms with Gasteiger partial charge < -0.3 is 10.1 Å². The summed E-state index contributed by atoms with van der Waals surface area (Å²) in [4.78, 5) is 25.8. The molecule has 0 aliphatic carbocycles. The highest BCUT2D eigenvalue weighted by atomic mass is 16.5. The molecular weight excluding hydrogens is 304 g/mol. The van der Waals surface area contributed by atoms with Crippen LogP contribution < -0.4 is 10.1 Å². The summed E-state index contributed by atoms with van der Waals surface area (Å²) in [5.41, 5.74) is 3.14. The van der Waals surface area contributed by atoms with Gasteiger partial charge in [-0.05, 0) is 36.3 Å². The van der Waals surface area contributed by atoms with Gasteiger partial charge in [0.25, 0.3) is 5.91 Å². The third-order valence-corrected chi connectivity index (χ3v) is 3.85. The molecule has 122 valence electrons. The van der Waals surface area contributed by atoms with Gasteiger partial charge in [-0.2, -0.15) is 0 Å². The number of urea groups is 1. The smallest absolute Gasteiger partial charge is 0.329 e. The molecule has 0 radical (unpaired) electrons. The average molecular weight is 322 g/mol. The van der Waals surface area contributed by atoms with Gasteiger partial charge in [-0.3, -0.25) is 9.69 Å². The highest BCUT2D eigenvalue weighted by molar-refractivity contribution is 6.13. The number of methoxy groups -OCH3 is 1. The van der Waals surface area contributed by atoms with Crippen molar-refractivity contribution in [2.24, 2.45) is 0 Å². The van der Waals surface area contributed by atoms with Crippen LogP contribution in [0.2, 0.25) is 0 Å². The lowest BCUT2D eigenvalue weighted by molar-refractivity contribution is -0.123. The van der Waals surface area contributed by atoms with Crippen LogP contribution in [0, 0.1) is 6.92 Å². The highest BCUT2D eigenvalue weighted by Crippen LogP contribution is 2.18. The molecule has 0 saturated carbocycles. The Kier molecular flexibility index (Phi) is 4.33. The molecule has 1 N–H and O–H groups in total. The summed E-state index contributed by atoms with van der Waals surface area (Å²) in [7, 11) is 1.59. The fraction of sp³-hybridized carbons (Fsp3) is 0.158. The van der Waals surface area contributed by atoms with Gasteiger partial charge in [0, 0.05) is 0 Å². The monoisotopic (exact) mass is 322 g/mol. The highest BCUT2D eigenvalue weighted by Gasteiger charge is 2.33. The van der Waals surface area contributed by atoms with Crippen molar-refractivity contribution in [2.75, 3.05) is 7.11 Å². The van der Waals surface area contributed by atoms with Crippen LogP contribution in [0.4, 0.5) is 4.79 Å². The molecule has 0 spiro atoms. The number of nitrogens with zero attached hydrogens (tertiary/aromatic N) is 1. The Morgan fingerprint density at radius 2 is 1.71 bits per heavy atom. The van der Waals surface area contributed by atoms with Gasteiger partial charge in [-0.15, -0.1) is 0 Å². The number of carbonyl (C=O) groups is 2. The number of aryl methyl sites for hydroxylation is 1. The standard InChI is InChI=1S/C19H18N2O3/c1-13-3-5-15(6-4-13)12-21-18(22)17(20-19(21)23)11-14-7-9-16(24-2)10-8-14/h3-11H,12H2,1-2H3,(H,20,23)/b17-11-. The predicted octanol–water partition coefficient (Wildman–Crippen LogP) is 3.10. The molecule has 0 atom stereocenters. The van der Waals surface area contributed by atoms with Gasteiger partial charge in [0.1, 0.15) is 11.4 Å². The maximum absolute atomic E-state index is 12.5. The van der Waals surface area contributed by atoms with Crippen molar-refractivity contribution in [2.45, 2.75) is 13.5 Å². The van der Waals surface area contributed by atoms with E-state index in [2.05, 4.69) is 5.32 Å². The Labute approximate surface area is 140 Å². The molecule has 2 aromatic carbocycles. The van der Waals surface area contributed by atoms with Crippen LogP contribution in [-0.2, 0) is 11.3 Å². The molecule has 3 amide bonds. The van der Waals surface area contributed by atoms with Gasteiger partial charge in [-0.25, -0.2) is 4.79 Å². The van der Waals surface area contributed by atoms with Crippen LogP contribution in [-0.4, -0.2) is 23.9 Å². The normalized spacial score (nSPS) is 15.8. The lowest BCUT2D eigenvalue weighted by Gasteiger charge is -2.11. The number of rotatable bonds is 4. The number of nitrogens with one attached hydrogen (secondary N) is 1. The molecule has 1 saturated heterocycles. The number of amides is 3. The van der Waals surface area contributed by atoms with E-state index in [0.29, 0.717) is 0 Å². The molecule has 0 aromatic heterocycles. The van der Waals surface area contributed by atoms with E-state index in [1.54, 1.807) is 25.3 Å². The number of benzene rings is 2. The number of imide groups is 1. The first-order valence-corrected chi connectivity index (χ1v) is 7.61. The van der Waals surface area contributed by atoms with Crippen LogP contribution in [0.5, 0.6) is 5.75 Å². The molecule has 1 aliphatic rings. The number of hydrogen-bond donors (Lipinski definition) is 1. The molecule has 0 bridgehead atoms. The summed E-state index contributed by atoms with van der Waals surface area (Å²) < 4.78 is 5.10. The van der Waals surface area contributed by atoms with E-state index >= 15 is 0 Å². The minimum atomic E-state index is -0.402. The second-order valence-electron chi connectivity index (χ2n) is 5.64. The first-order chi connectivity index (χ1) is 11.6. The molecule has 1 fully saturated rings. The molecule has 0 unspecified atom stereocenters. The average Bonchev–Trinajstić information content (AvgIpc) is 2.85. The third-order valence-electron chi connectivity index (χ3n) is 3.85. The number of ether oxygens (including phenoxy) is 1. The topological polar surface area (TPSA) is 58.6 Å². The maximum Gasteiger partial charge on any atom is 0.329 e.